The Balaban J connectivity index is 1.88. The molecule has 1 aromatic heterocycles. The molecule has 0 unspecified atom stereocenters. The minimum atomic E-state index is 0.271. The monoisotopic (exact) mass is 253 g/mol. The number of piperidine rings is 1. The fourth-order valence-corrected chi connectivity index (χ4v) is 2.66. The van der Waals surface area contributed by atoms with Gasteiger partial charge in [0.25, 0.3) is 0 Å². The van der Waals surface area contributed by atoms with Crippen molar-refractivity contribution in [3.8, 4) is 0 Å². The third kappa shape index (κ3) is 3.03. The van der Waals surface area contributed by atoms with Crippen LogP contribution in [0.2, 0.25) is 0 Å². The molecule has 0 bridgehead atoms. The molecule has 17 heavy (non-hydrogen) atoms. The number of hydrogen-bond donors (Lipinski definition) is 0. The first kappa shape index (κ1) is 12.5. The Labute approximate surface area is 106 Å². The van der Waals surface area contributed by atoms with Gasteiger partial charge >= 0.3 is 0 Å². The molecule has 1 aliphatic heterocycles. The van der Waals surface area contributed by atoms with E-state index in [2.05, 4.69) is 18.2 Å². The molecule has 1 saturated heterocycles. The fourth-order valence-electron chi connectivity index (χ4n) is 2.23. The lowest BCUT2D eigenvalue weighted by Crippen LogP contribution is -2.40. The third-order valence-corrected chi connectivity index (χ3v) is 3.73. The second kappa shape index (κ2) is 5.58. The number of aromatic nitrogens is 2. The second-order valence-electron chi connectivity index (χ2n) is 4.54. The van der Waals surface area contributed by atoms with Crippen LogP contribution in [0.5, 0.6) is 0 Å². The van der Waals surface area contributed by atoms with Crippen LogP contribution in [0, 0.1) is 6.92 Å². The minimum Gasteiger partial charge on any atom is -0.342 e. The van der Waals surface area contributed by atoms with Crippen LogP contribution in [0.4, 0.5) is 0 Å². The summed E-state index contributed by atoms with van der Waals surface area (Å²) in [6.45, 7) is 3.78. The quantitative estimate of drug-likeness (QED) is 0.823. The van der Waals surface area contributed by atoms with Crippen LogP contribution in [-0.2, 0) is 4.79 Å². The number of carbonyl (C=O) groups excluding carboxylic acids is 1. The first-order chi connectivity index (χ1) is 8.20. The summed E-state index contributed by atoms with van der Waals surface area (Å²) in [6.07, 6.45) is 7.98. The average Bonchev–Trinajstić information content (AvgIpc) is 2.76. The summed E-state index contributed by atoms with van der Waals surface area (Å²) < 4.78 is 2.05. The van der Waals surface area contributed by atoms with Crippen LogP contribution in [0.3, 0.4) is 0 Å². The van der Waals surface area contributed by atoms with Crippen LogP contribution in [-0.4, -0.2) is 45.7 Å². The van der Waals surface area contributed by atoms with Gasteiger partial charge in [0.1, 0.15) is 0 Å². The smallest absolute Gasteiger partial charge is 0.232 e. The second-order valence-corrected chi connectivity index (χ2v) is 5.41. The number of likely N-dealkylation sites (tertiary alicyclic amines) is 1. The third-order valence-electron chi connectivity index (χ3n) is 3.19. The van der Waals surface area contributed by atoms with Crippen molar-refractivity contribution in [2.75, 3.05) is 25.1 Å². The largest absolute Gasteiger partial charge is 0.342 e. The van der Waals surface area contributed by atoms with Gasteiger partial charge in [0, 0.05) is 19.3 Å². The van der Waals surface area contributed by atoms with Crippen LogP contribution >= 0.6 is 11.8 Å². The lowest BCUT2D eigenvalue weighted by molar-refractivity contribution is -0.129. The van der Waals surface area contributed by atoms with Gasteiger partial charge in [-0.05, 0) is 31.6 Å². The maximum absolute atomic E-state index is 11.7. The molecule has 4 nitrogen and oxygen atoms in total. The summed E-state index contributed by atoms with van der Waals surface area (Å²) in [7, 11) is 0. The SMILES string of the molecule is CSCC(=O)N1CCC(n2cc(C)cn2)CC1. The summed E-state index contributed by atoms with van der Waals surface area (Å²) in [4.78, 5) is 13.7. The Morgan fingerprint density at radius 3 is 2.76 bits per heavy atom. The number of thioether (sulfide) groups is 1. The molecule has 0 aliphatic carbocycles. The van der Waals surface area contributed by atoms with Gasteiger partial charge in [-0.15, -0.1) is 0 Å². The van der Waals surface area contributed by atoms with Crippen LogP contribution < -0.4 is 0 Å². The highest BCUT2D eigenvalue weighted by molar-refractivity contribution is 7.99. The molecule has 1 amide bonds. The summed E-state index contributed by atoms with van der Waals surface area (Å²) >= 11 is 1.60. The summed E-state index contributed by atoms with van der Waals surface area (Å²) in [5.41, 5.74) is 1.20. The predicted octanol–water partition coefficient (Wildman–Crippen LogP) is 1.72. The number of aryl methyl sites for hydroxylation is 1. The Morgan fingerprint density at radius 2 is 2.24 bits per heavy atom. The molecule has 0 saturated carbocycles. The van der Waals surface area contributed by atoms with Crippen molar-refractivity contribution in [3.05, 3.63) is 18.0 Å². The van der Waals surface area contributed by atoms with Gasteiger partial charge in [-0.25, -0.2) is 0 Å². The van der Waals surface area contributed by atoms with Crippen molar-refractivity contribution in [1.29, 1.82) is 0 Å². The maximum atomic E-state index is 11.7. The van der Waals surface area contributed by atoms with Gasteiger partial charge in [0.05, 0.1) is 18.0 Å². The van der Waals surface area contributed by atoms with Crippen molar-refractivity contribution in [3.63, 3.8) is 0 Å². The number of hydrogen-bond acceptors (Lipinski definition) is 3. The number of amides is 1. The Bertz CT molecular complexity index is 383. The zero-order valence-corrected chi connectivity index (χ0v) is 11.2. The lowest BCUT2D eigenvalue weighted by atomic mass is 10.1. The van der Waals surface area contributed by atoms with Crippen LogP contribution in [0.25, 0.3) is 0 Å². The van der Waals surface area contributed by atoms with E-state index in [0.29, 0.717) is 11.8 Å². The first-order valence-electron chi connectivity index (χ1n) is 5.98. The molecule has 2 rings (SSSR count). The molecule has 1 aliphatic rings. The molecule has 1 aromatic rings. The standard InChI is InChI=1S/C12H19N3OS/c1-10-7-13-15(8-10)11-3-5-14(6-4-11)12(16)9-17-2/h7-8,11H,3-6,9H2,1-2H3. The first-order valence-corrected chi connectivity index (χ1v) is 7.37. The van der Waals surface area contributed by atoms with Crippen molar-refractivity contribution in [2.45, 2.75) is 25.8 Å². The van der Waals surface area contributed by atoms with E-state index in [4.69, 9.17) is 0 Å². The zero-order valence-electron chi connectivity index (χ0n) is 10.4. The Kier molecular flexibility index (Phi) is 4.10. The molecule has 0 atom stereocenters. The minimum absolute atomic E-state index is 0.271. The van der Waals surface area contributed by atoms with E-state index in [1.165, 1.54) is 5.56 Å². The van der Waals surface area contributed by atoms with E-state index < -0.39 is 0 Å². The molecule has 0 N–H and O–H groups in total. The molecule has 94 valence electrons. The summed E-state index contributed by atoms with van der Waals surface area (Å²) in [6, 6.07) is 0.460. The normalized spacial score (nSPS) is 17.4. The van der Waals surface area contributed by atoms with E-state index in [1.807, 2.05) is 22.0 Å². The molecule has 2 heterocycles. The molecular weight excluding hydrogens is 234 g/mol. The number of nitrogens with zero attached hydrogens (tertiary/aromatic N) is 3. The van der Waals surface area contributed by atoms with Crippen molar-refractivity contribution < 1.29 is 4.79 Å². The van der Waals surface area contributed by atoms with Crippen LogP contribution in [0.15, 0.2) is 12.4 Å². The Morgan fingerprint density at radius 1 is 1.53 bits per heavy atom. The molecule has 1 fully saturated rings. The van der Waals surface area contributed by atoms with Gasteiger partial charge in [-0.2, -0.15) is 16.9 Å². The van der Waals surface area contributed by atoms with Gasteiger partial charge in [-0.3, -0.25) is 9.48 Å². The van der Waals surface area contributed by atoms with Crippen molar-refractivity contribution in [2.24, 2.45) is 0 Å². The van der Waals surface area contributed by atoms with Crippen molar-refractivity contribution >= 4 is 17.7 Å². The Hall–Kier alpha value is -0.970. The molecule has 5 heteroatoms. The molecule has 0 radical (unpaired) electrons. The van der Waals surface area contributed by atoms with Gasteiger partial charge in [0.2, 0.25) is 5.91 Å². The highest BCUT2D eigenvalue weighted by Gasteiger charge is 2.23. The zero-order chi connectivity index (χ0) is 12.3. The maximum Gasteiger partial charge on any atom is 0.232 e. The molecule has 0 spiro atoms. The van der Waals surface area contributed by atoms with E-state index in [-0.39, 0.29) is 5.91 Å². The summed E-state index contributed by atoms with van der Waals surface area (Å²) in [5, 5.41) is 4.35. The van der Waals surface area contributed by atoms with Crippen molar-refractivity contribution in [1.82, 2.24) is 14.7 Å². The summed E-state index contributed by atoms with van der Waals surface area (Å²) in [5.74, 6) is 0.874. The van der Waals surface area contributed by atoms with E-state index >= 15 is 0 Å². The van der Waals surface area contributed by atoms with Gasteiger partial charge < -0.3 is 4.90 Å². The molecular formula is C12H19N3OS. The van der Waals surface area contributed by atoms with E-state index in [1.54, 1.807) is 11.8 Å². The highest BCUT2D eigenvalue weighted by Crippen LogP contribution is 2.22. The van der Waals surface area contributed by atoms with E-state index in [9.17, 15) is 4.79 Å². The van der Waals surface area contributed by atoms with Gasteiger partial charge in [0.15, 0.2) is 0 Å². The number of rotatable bonds is 3. The number of carbonyl (C=O) groups is 1. The van der Waals surface area contributed by atoms with Crippen LogP contribution in [0.1, 0.15) is 24.4 Å². The lowest BCUT2D eigenvalue weighted by Gasteiger charge is -2.32. The van der Waals surface area contributed by atoms with E-state index in [0.717, 1.165) is 25.9 Å². The topological polar surface area (TPSA) is 38.1 Å². The van der Waals surface area contributed by atoms with Gasteiger partial charge in [-0.1, -0.05) is 0 Å². The molecule has 0 aromatic carbocycles. The highest BCUT2D eigenvalue weighted by atomic mass is 32.2. The fraction of sp³-hybridized carbons (Fsp3) is 0.667. The predicted molar refractivity (Wildman–Crippen MR) is 70.2 cm³/mol. The average molecular weight is 253 g/mol.